The van der Waals surface area contributed by atoms with Gasteiger partial charge in [0.25, 0.3) is 0 Å². The highest BCUT2D eigenvalue weighted by molar-refractivity contribution is 8.00. The first-order chi connectivity index (χ1) is 9.55. The zero-order valence-electron chi connectivity index (χ0n) is 11.2. The van der Waals surface area contributed by atoms with Crippen LogP contribution in [0.25, 0.3) is 0 Å². The molecular formula is C13H20N2O2S3. The predicted molar refractivity (Wildman–Crippen MR) is 88.8 cm³/mol. The number of anilines is 1. The van der Waals surface area contributed by atoms with Gasteiger partial charge in [-0.25, -0.2) is 13.1 Å². The van der Waals surface area contributed by atoms with Crippen LogP contribution in [0.5, 0.6) is 0 Å². The Morgan fingerprint density at radius 2 is 2.30 bits per heavy atom. The third-order valence-electron chi connectivity index (χ3n) is 3.03. The molecular weight excluding hydrogens is 312 g/mol. The normalized spacial score (nSPS) is 19.3. The van der Waals surface area contributed by atoms with Gasteiger partial charge in [-0.3, -0.25) is 0 Å². The highest BCUT2D eigenvalue weighted by atomic mass is 32.2. The molecule has 0 radical (unpaired) electrons. The summed E-state index contributed by atoms with van der Waals surface area (Å²) in [6.45, 7) is 0.565. The van der Waals surface area contributed by atoms with E-state index in [1.807, 2.05) is 36.0 Å². The maximum atomic E-state index is 11.9. The zero-order chi connectivity index (χ0) is 14.4. The summed E-state index contributed by atoms with van der Waals surface area (Å²) in [6, 6.07) is 7.50. The number of hydrogen-bond donors (Lipinski definition) is 2. The topological polar surface area (TPSA) is 72.2 Å². The Labute approximate surface area is 129 Å². The summed E-state index contributed by atoms with van der Waals surface area (Å²) >= 11 is 3.37. The molecule has 0 saturated carbocycles. The molecule has 1 aliphatic rings. The highest BCUT2D eigenvalue weighted by Gasteiger charge is 2.18. The van der Waals surface area contributed by atoms with E-state index >= 15 is 0 Å². The SMILES string of the molecule is Nc1cccc(SCCS(=O)(=O)NCC2CCCS2)c1. The number of nitrogens with two attached hydrogens (primary N) is 1. The van der Waals surface area contributed by atoms with E-state index in [1.165, 1.54) is 18.2 Å². The highest BCUT2D eigenvalue weighted by Crippen LogP contribution is 2.25. The molecule has 3 N–H and O–H groups in total. The number of hydrogen-bond acceptors (Lipinski definition) is 5. The number of nitrogen functional groups attached to an aromatic ring is 1. The van der Waals surface area contributed by atoms with Crippen molar-refractivity contribution in [3.63, 3.8) is 0 Å². The van der Waals surface area contributed by atoms with Crippen molar-refractivity contribution in [3.8, 4) is 0 Å². The first kappa shape index (κ1) is 16.0. The number of thioether (sulfide) groups is 2. The minimum absolute atomic E-state index is 0.143. The average Bonchev–Trinajstić information content (AvgIpc) is 2.89. The van der Waals surface area contributed by atoms with Gasteiger partial charge in [0.15, 0.2) is 0 Å². The van der Waals surface area contributed by atoms with Crippen molar-refractivity contribution in [2.24, 2.45) is 0 Å². The van der Waals surface area contributed by atoms with Gasteiger partial charge < -0.3 is 5.73 Å². The predicted octanol–water partition coefficient (Wildman–Crippen LogP) is 2.18. The summed E-state index contributed by atoms with van der Waals surface area (Å²) in [6.07, 6.45) is 2.31. The van der Waals surface area contributed by atoms with Crippen molar-refractivity contribution in [2.75, 3.05) is 29.5 Å². The molecule has 1 aromatic rings. The molecule has 1 unspecified atom stereocenters. The Hall–Kier alpha value is -0.370. The number of nitrogens with one attached hydrogen (secondary N) is 1. The fraction of sp³-hybridized carbons (Fsp3) is 0.538. The van der Waals surface area contributed by atoms with Gasteiger partial charge >= 0.3 is 0 Å². The second-order valence-electron chi connectivity index (χ2n) is 4.72. The summed E-state index contributed by atoms with van der Waals surface area (Å²) in [5.74, 6) is 1.83. The molecule has 1 heterocycles. The van der Waals surface area contributed by atoms with Crippen molar-refractivity contribution >= 4 is 39.2 Å². The second kappa shape index (κ2) is 7.59. The van der Waals surface area contributed by atoms with Crippen LogP contribution in [-0.4, -0.2) is 37.5 Å². The Bertz CT molecular complexity index is 528. The van der Waals surface area contributed by atoms with E-state index in [4.69, 9.17) is 5.73 Å². The maximum Gasteiger partial charge on any atom is 0.212 e. The summed E-state index contributed by atoms with van der Waals surface area (Å²) in [5, 5.41) is 0.450. The monoisotopic (exact) mass is 332 g/mol. The number of benzene rings is 1. The van der Waals surface area contributed by atoms with Crippen molar-refractivity contribution < 1.29 is 8.42 Å². The standard InChI is InChI=1S/C13H20N2O2S3/c14-11-3-1-4-12(9-11)19-7-8-20(16,17)15-10-13-5-2-6-18-13/h1,3-4,9,13,15H,2,5-8,10,14H2. The molecule has 7 heteroatoms. The summed E-state index contributed by atoms with van der Waals surface area (Å²) in [4.78, 5) is 1.01. The Balaban J connectivity index is 1.71. The van der Waals surface area contributed by atoms with E-state index < -0.39 is 10.0 Å². The largest absolute Gasteiger partial charge is 0.399 e. The van der Waals surface area contributed by atoms with Gasteiger partial charge in [-0.15, -0.1) is 11.8 Å². The molecule has 0 aromatic heterocycles. The van der Waals surface area contributed by atoms with Gasteiger partial charge in [-0.05, 0) is 36.8 Å². The van der Waals surface area contributed by atoms with Gasteiger partial charge in [-0.2, -0.15) is 11.8 Å². The number of rotatable bonds is 7. The van der Waals surface area contributed by atoms with Crippen LogP contribution in [-0.2, 0) is 10.0 Å². The van der Waals surface area contributed by atoms with E-state index in [-0.39, 0.29) is 5.75 Å². The van der Waals surface area contributed by atoms with E-state index in [0.29, 0.717) is 23.2 Å². The third kappa shape index (κ3) is 5.55. The van der Waals surface area contributed by atoms with Gasteiger partial charge in [0.2, 0.25) is 10.0 Å². The van der Waals surface area contributed by atoms with Crippen LogP contribution in [0.1, 0.15) is 12.8 Å². The molecule has 1 fully saturated rings. The van der Waals surface area contributed by atoms with Crippen LogP contribution < -0.4 is 10.5 Å². The van der Waals surface area contributed by atoms with Gasteiger partial charge in [0.05, 0.1) is 5.75 Å². The maximum absolute atomic E-state index is 11.9. The Kier molecular flexibility index (Phi) is 6.07. The van der Waals surface area contributed by atoms with Crippen LogP contribution >= 0.6 is 23.5 Å². The molecule has 0 spiro atoms. The lowest BCUT2D eigenvalue weighted by Gasteiger charge is -2.10. The van der Waals surface area contributed by atoms with Crippen molar-refractivity contribution in [2.45, 2.75) is 23.0 Å². The first-order valence-electron chi connectivity index (χ1n) is 6.62. The van der Waals surface area contributed by atoms with Gasteiger partial charge in [0.1, 0.15) is 0 Å². The Morgan fingerprint density at radius 3 is 3.00 bits per heavy atom. The Morgan fingerprint density at radius 1 is 1.45 bits per heavy atom. The van der Waals surface area contributed by atoms with Crippen molar-refractivity contribution in [3.05, 3.63) is 24.3 Å². The van der Waals surface area contributed by atoms with E-state index in [1.54, 1.807) is 0 Å². The lowest BCUT2D eigenvalue weighted by Crippen LogP contribution is -2.32. The number of sulfonamides is 1. The molecule has 1 saturated heterocycles. The average molecular weight is 333 g/mol. The van der Waals surface area contributed by atoms with Crippen LogP contribution in [0.3, 0.4) is 0 Å². The quantitative estimate of drug-likeness (QED) is 0.591. The van der Waals surface area contributed by atoms with Crippen LogP contribution in [0.2, 0.25) is 0 Å². The lowest BCUT2D eigenvalue weighted by atomic mass is 10.2. The molecule has 1 aromatic carbocycles. The second-order valence-corrected chi connectivity index (χ2v) is 9.23. The first-order valence-corrected chi connectivity index (χ1v) is 10.3. The van der Waals surface area contributed by atoms with Crippen molar-refractivity contribution in [1.29, 1.82) is 0 Å². The minimum atomic E-state index is -3.16. The fourth-order valence-electron chi connectivity index (χ4n) is 1.97. The molecule has 0 bridgehead atoms. The fourth-order valence-corrected chi connectivity index (χ4v) is 5.72. The summed E-state index contributed by atoms with van der Waals surface area (Å²) in [7, 11) is -3.16. The molecule has 2 rings (SSSR count). The van der Waals surface area contributed by atoms with E-state index in [0.717, 1.165) is 17.1 Å². The van der Waals surface area contributed by atoms with E-state index in [9.17, 15) is 8.42 Å². The van der Waals surface area contributed by atoms with E-state index in [2.05, 4.69) is 4.72 Å². The summed E-state index contributed by atoms with van der Waals surface area (Å²) in [5.41, 5.74) is 6.39. The molecule has 20 heavy (non-hydrogen) atoms. The molecule has 4 nitrogen and oxygen atoms in total. The van der Waals surface area contributed by atoms with Gasteiger partial charge in [-0.1, -0.05) is 6.07 Å². The minimum Gasteiger partial charge on any atom is -0.399 e. The van der Waals surface area contributed by atoms with Crippen LogP contribution in [0, 0.1) is 0 Å². The third-order valence-corrected chi connectivity index (χ3v) is 7.03. The smallest absolute Gasteiger partial charge is 0.212 e. The van der Waals surface area contributed by atoms with Crippen LogP contribution in [0.4, 0.5) is 5.69 Å². The summed E-state index contributed by atoms with van der Waals surface area (Å²) < 4.78 is 26.5. The molecule has 1 aliphatic heterocycles. The van der Waals surface area contributed by atoms with Crippen LogP contribution in [0.15, 0.2) is 29.2 Å². The van der Waals surface area contributed by atoms with Crippen molar-refractivity contribution in [1.82, 2.24) is 4.72 Å². The molecule has 112 valence electrons. The van der Waals surface area contributed by atoms with Gasteiger partial charge in [0, 0.05) is 28.1 Å². The lowest BCUT2D eigenvalue weighted by molar-refractivity contribution is 0.580. The molecule has 0 aliphatic carbocycles. The molecule has 0 amide bonds. The zero-order valence-corrected chi connectivity index (χ0v) is 13.7. The molecule has 1 atom stereocenters.